The average molecular weight is 746 g/mol. The zero-order valence-corrected chi connectivity index (χ0v) is 32.8. The van der Waals surface area contributed by atoms with Gasteiger partial charge in [-0.1, -0.05) is 148 Å². The third-order valence-corrected chi connectivity index (χ3v) is 10.3. The predicted octanol–water partition coefficient (Wildman–Crippen LogP) is 5.72. The van der Waals surface area contributed by atoms with E-state index in [-0.39, 0.29) is 12.8 Å². The molecule has 52 heavy (non-hydrogen) atoms. The van der Waals surface area contributed by atoms with Crippen LogP contribution < -0.4 is 5.32 Å². The molecule has 1 aliphatic heterocycles. The molecule has 11 heteroatoms. The first kappa shape index (κ1) is 48.9. The molecule has 0 aromatic heterocycles. The zero-order chi connectivity index (χ0) is 38.4. The van der Waals surface area contributed by atoms with Gasteiger partial charge in [0.05, 0.1) is 25.4 Å². The van der Waals surface area contributed by atoms with Crippen LogP contribution in [0.4, 0.5) is 0 Å². The molecule has 0 saturated carbocycles. The Bertz CT molecular complexity index is 861. The van der Waals surface area contributed by atoms with Crippen molar-refractivity contribution in [1.29, 1.82) is 0 Å². The lowest BCUT2D eigenvalue weighted by atomic mass is 9.98. The molecule has 9 atom stereocenters. The van der Waals surface area contributed by atoms with Gasteiger partial charge in [-0.3, -0.25) is 4.79 Å². The van der Waals surface area contributed by atoms with Gasteiger partial charge in [-0.15, -0.1) is 0 Å². The van der Waals surface area contributed by atoms with Gasteiger partial charge >= 0.3 is 0 Å². The van der Waals surface area contributed by atoms with E-state index < -0.39 is 74.2 Å². The molecule has 0 aromatic carbocycles. The van der Waals surface area contributed by atoms with Crippen LogP contribution in [0.2, 0.25) is 0 Å². The fourth-order valence-electron chi connectivity index (χ4n) is 6.73. The van der Waals surface area contributed by atoms with Gasteiger partial charge in [0.15, 0.2) is 6.29 Å². The highest BCUT2D eigenvalue weighted by atomic mass is 16.7. The summed E-state index contributed by atoms with van der Waals surface area (Å²) in [6.07, 6.45) is 19.8. The summed E-state index contributed by atoms with van der Waals surface area (Å²) in [4.78, 5) is 13.0. The van der Waals surface area contributed by atoms with E-state index in [9.17, 15) is 40.5 Å². The minimum atomic E-state index is -1.66. The molecule has 1 heterocycles. The van der Waals surface area contributed by atoms with Gasteiger partial charge in [0.2, 0.25) is 5.91 Å². The van der Waals surface area contributed by atoms with Crippen molar-refractivity contribution in [2.45, 2.75) is 229 Å². The van der Waals surface area contributed by atoms with E-state index in [1.165, 1.54) is 96.3 Å². The summed E-state index contributed by atoms with van der Waals surface area (Å²) in [5.41, 5.74) is 0. The Balaban J connectivity index is 2.55. The number of nitrogens with one attached hydrogen (secondary N) is 1. The van der Waals surface area contributed by atoms with Crippen LogP contribution in [0.25, 0.3) is 0 Å². The number of aliphatic hydroxyl groups is 7. The van der Waals surface area contributed by atoms with Gasteiger partial charge in [-0.05, 0) is 38.5 Å². The van der Waals surface area contributed by atoms with Gasteiger partial charge in [-0.2, -0.15) is 0 Å². The van der Waals surface area contributed by atoms with Gasteiger partial charge in [-0.25, -0.2) is 0 Å². The Hall–Kier alpha value is -1.15. The lowest BCUT2D eigenvalue weighted by Crippen LogP contribution is -2.60. The van der Waals surface area contributed by atoms with E-state index in [1.54, 1.807) is 0 Å². The Kier molecular flexibility index (Phi) is 30.2. The standard InChI is InChI=1S/C41H79NO10/c1-3-5-7-9-11-13-15-17-19-20-22-24-26-28-33(44)36(46)32(31-51-41-39(49)38(48)37(47)35(30-43)52-41)42-40(50)34(45)29-27-25-23-21-18-16-14-12-10-8-6-4-2/h20,22,32-39,41,43-49H,3-19,21,23-31H2,1-2H3,(H,42,50)/b22-20-/t32-,33+,34?,35+,36-,37+,38-,39+,41+/m0/s1. The first-order valence-electron chi connectivity index (χ1n) is 21.1. The number of carbonyl (C=O) groups excluding carboxylic acids is 1. The second-order valence-corrected chi connectivity index (χ2v) is 15.1. The highest BCUT2D eigenvalue weighted by Crippen LogP contribution is 2.23. The zero-order valence-electron chi connectivity index (χ0n) is 32.8. The third kappa shape index (κ3) is 22.3. The van der Waals surface area contributed by atoms with E-state index in [1.807, 2.05) is 0 Å². The van der Waals surface area contributed by atoms with Crippen molar-refractivity contribution in [2.24, 2.45) is 0 Å². The highest BCUT2D eigenvalue weighted by molar-refractivity contribution is 5.80. The number of hydrogen-bond donors (Lipinski definition) is 8. The monoisotopic (exact) mass is 746 g/mol. The molecule has 0 aliphatic carbocycles. The predicted molar refractivity (Wildman–Crippen MR) is 206 cm³/mol. The van der Waals surface area contributed by atoms with Crippen LogP contribution in [0.3, 0.4) is 0 Å². The number of ether oxygens (including phenoxy) is 2. The fraction of sp³-hybridized carbons (Fsp3) is 0.927. The van der Waals surface area contributed by atoms with Crippen molar-refractivity contribution in [3.05, 3.63) is 12.2 Å². The van der Waals surface area contributed by atoms with Gasteiger partial charge in [0.25, 0.3) is 0 Å². The summed E-state index contributed by atoms with van der Waals surface area (Å²) in [5.74, 6) is -0.708. The molecule has 1 amide bonds. The van der Waals surface area contributed by atoms with Crippen molar-refractivity contribution in [3.63, 3.8) is 0 Å². The molecule has 1 saturated heterocycles. The molecular formula is C41H79NO10. The molecule has 8 N–H and O–H groups in total. The summed E-state index contributed by atoms with van der Waals surface area (Å²) >= 11 is 0. The lowest BCUT2D eigenvalue weighted by Gasteiger charge is -2.40. The topological polar surface area (TPSA) is 189 Å². The maximum absolute atomic E-state index is 13.0. The van der Waals surface area contributed by atoms with Crippen LogP contribution in [-0.2, 0) is 14.3 Å². The third-order valence-electron chi connectivity index (χ3n) is 10.3. The van der Waals surface area contributed by atoms with Gasteiger partial charge in [0.1, 0.15) is 36.6 Å². The molecule has 0 radical (unpaired) electrons. The van der Waals surface area contributed by atoms with Crippen LogP contribution in [0.1, 0.15) is 174 Å². The van der Waals surface area contributed by atoms with E-state index >= 15 is 0 Å². The summed E-state index contributed by atoms with van der Waals surface area (Å²) in [6.45, 7) is 3.39. The maximum Gasteiger partial charge on any atom is 0.249 e. The van der Waals surface area contributed by atoms with Crippen LogP contribution in [-0.4, -0.2) is 110 Å². The normalized spacial score (nSPS) is 23.1. The smallest absolute Gasteiger partial charge is 0.249 e. The minimum absolute atomic E-state index is 0.257. The number of carbonyl (C=O) groups is 1. The van der Waals surface area contributed by atoms with Crippen molar-refractivity contribution < 1.29 is 50.0 Å². The average Bonchev–Trinajstić information content (AvgIpc) is 3.14. The van der Waals surface area contributed by atoms with Crippen molar-refractivity contribution >= 4 is 5.91 Å². The molecule has 0 spiro atoms. The number of rotatable bonds is 34. The van der Waals surface area contributed by atoms with Crippen LogP contribution in [0.15, 0.2) is 12.2 Å². The summed E-state index contributed by atoms with van der Waals surface area (Å²) in [5, 5.41) is 75.3. The van der Waals surface area contributed by atoms with Gasteiger partial charge in [0, 0.05) is 0 Å². The van der Waals surface area contributed by atoms with Crippen molar-refractivity contribution in [1.82, 2.24) is 5.32 Å². The number of amides is 1. The van der Waals surface area contributed by atoms with E-state index in [0.29, 0.717) is 12.8 Å². The molecule has 0 aromatic rings. The number of aliphatic hydroxyl groups excluding tert-OH is 7. The molecule has 11 nitrogen and oxygen atoms in total. The quantitative estimate of drug-likeness (QED) is 0.0299. The fourth-order valence-corrected chi connectivity index (χ4v) is 6.73. The van der Waals surface area contributed by atoms with E-state index in [2.05, 4.69) is 31.3 Å². The number of allylic oxidation sites excluding steroid dienone is 2. The van der Waals surface area contributed by atoms with Gasteiger partial charge < -0.3 is 50.5 Å². The summed E-state index contributed by atoms with van der Waals surface area (Å²) in [6, 6.07) is -1.18. The van der Waals surface area contributed by atoms with Crippen LogP contribution >= 0.6 is 0 Å². The van der Waals surface area contributed by atoms with E-state index in [4.69, 9.17) is 9.47 Å². The molecule has 1 rings (SSSR count). The molecule has 1 unspecified atom stereocenters. The largest absolute Gasteiger partial charge is 0.394 e. The van der Waals surface area contributed by atoms with Crippen molar-refractivity contribution in [2.75, 3.05) is 13.2 Å². The Labute approximate surface area is 315 Å². The molecule has 308 valence electrons. The van der Waals surface area contributed by atoms with Crippen LogP contribution in [0, 0.1) is 0 Å². The lowest BCUT2D eigenvalue weighted by molar-refractivity contribution is -0.303. The first-order chi connectivity index (χ1) is 25.2. The van der Waals surface area contributed by atoms with Crippen molar-refractivity contribution in [3.8, 4) is 0 Å². The second kappa shape index (κ2) is 32.1. The number of hydrogen-bond acceptors (Lipinski definition) is 10. The Morgan fingerprint density at radius 2 is 1.13 bits per heavy atom. The Morgan fingerprint density at radius 1 is 0.654 bits per heavy atom. The molecule has 0 bridgehead atoms. The summed E-state index contributed by atoms with van der Waals surface area (Å²) < 4.78 is 11.0. The van der Waals surface area contributed by atoms with Crippen LogP contribution in [0.5, 0.6) is 0 Å². The maximum atomic E-state index is 13.0. The summed E-state index contributed by atoms with van der Waals surface area (Å²) in [7, 11) is 0. The molecule has 1 fully saturated rings. The Morgan fingerprint density at radius 3 is 1.65 bits per heavy atom. The first-order valence-corrected chi connectivity index (χ1v) is 21.1. The molecular weight excluding hydrogens is 666 g/mol. The molecule has 1 aliphatic rings. The van der Waals surface area contributed by atoms with E-state index in [0.717, 1.165) is 38.5 Å². The minimum Gasteiger partial charge on any atom is -0.394 e. The second-order valence-electron chi connectivity index (χ2n) is 15.1. The SMILES string of the molecule is CCCCCCCCCC/C=C\CCC[C@@H](O)[C@@H](O)[C@H](CO[C@@H]1O[C@H](CO)[C@@H](O)[C@H](O)[C@H]1O)NC(=O)C(O)CCCCCCCCCCCCCC. The number of unbranched alkanes of at least 4 members (excludes halogenated alkanes) is 20. The highest BCUT2D eigenvalue weighted by Gasteiger charge is 2.44.